The molecule has 0 spiro atoms. The van der Waals surface area contributed by atoms with Crippen molar-refractivity contribution in [2.24, 2.45) is 0 Å². The van der Waals surface area contributed by atoms with Crippen molar-refractivity contribution in [3.63, 3.8) is 0 Å². The third-order valence-corrected chi connectivity index (χ3v) is 3.13. The van der Waals surface area contributed by atoms with E-state index < -0.39 is 0 Å². The molecule has 0 amide bonds. The first-order valence-electron chi connectivity index (χ1n) is 7.39. The molecule has 0 aromatic heterocycles. The number of hydrogen-bond acceptors (Lipinski definition) is 0. The largest absolute Gasteiger partial charge is 4.00 e. The zero-order valence-electron chi connectivity index (χ0n) is 13.2. The van der Waals surface area contributed by atoms with E-state index in [0.29, 0.717) is 0 Å². The van der Waals surface area contributed by atoms with Gasteiger partial charge >= 0.3 is 26.2 Å². The fourth-order valence-corrected chi connectivity index (χ4v) is 1.98. The van der Waals surface area contributed by atoms with Crippen molar-refractivity contribution in [3.8, 4) is 0 Å². The number of hydrogen-bond donors (Lipinski definition) is 0. The Morgan fingerprint density at radius 3 is 1.43 bits per heavy atom. The summed E-state index contributed by atoms with van der Waals surface area (Å²) in [6.45, 7) is 4.44. The van der Waals surface area contributed by atoms with Gasteiger partial charge in [-0.3, -0.25) is 12.2 Å². The number of halogens is 2. The van der Waals surface area contributed by atoms with Crippen LogP contribution < -0.4 is 9.41 Å². The van der Waals surface area contributed by atoms with Crippen LogP contribution in [0.1, 0.15) is 65.2 Å². The zero-order chi connectivity index (χ0) is 13.1. The molecule has 0 heterocycles. The van der Waals surface area contributed by atoms with Crippen molar-refractivity contribution in [1.82, 2.24) is 0 Å². The van der Waals surface area contributed by atoms with Crippen LogP contribution in [0.25, 0.3) is 0 Å². The van der Waals surface area contributed by atoms with Crippen LogP contribution in [0.3, 0.4) is 0 Å². The zero-order valence-corrected chi connectivity index (χ0v) is 15.7. The molecular weight excluding hydrogens is 345 g/mol. The summed E-state index contributed by atoms with van der Waals surface area (Å²) in [5, 5.41) is 0. The van der Waals surface area contributed by atoms with Crippen LogP contribution in [0.2, 0.25) is 0 Å². The standard InChI is InChI=1S/2C9H13.2FH.Zr/c2*1-2-3-6-9-7-4-5-8-9;;;/h2*4,7H,2-3,5-6H2,1H3;2*1H;/q2*-1;;;+4/p-2. The maximum absolute atomic E-state index is 3.30. The van der Waals surface area contributed by atoms with Gasteiger partial charge in [-0.2, -0.15) is 12.2 Å². The summed E-state index contributed by atoms with van der Waals surface area (Å²) in [6, 6.07) is 0. The molecule has 0 nitrogen and oxygen atoms in total. The Balaban J connectivity index is -0.000000270. The van der Waals surface area contributed by atoms with E-state index in [1.54, 1.807) is 0 Å². The smallest absolute Gasteiger partial charge is 1.00 e. The van der Waals surface area contributed by atoms with Gasteiger partial charge in [0.2, 0.25) is 0 Å². The monoisotopic (exact) mass is 370 g/mol. The Hall–Kier alpha value is -0.297. The van der Waals surface area contributed by atoms with Gasteiger partial charge in [0.25, 0.3) is 0 Å². The van der Waals surface area contributed by atoms with E-state index in [2.05, 4.69) is 50.3 Å². The average molecular weight is 372 g/mol. The van der Waals surface area contributed by atoms with Gasteiger partial charge in [-0.25, -0.2) is 23.3 Å². The van der Waals surface area contributed by atoms with Gasteiger partial charge in [0.1, 0.15) is 0 Å². The number of allylic oxidation sites excluding steroid dienone is 8. The summed E-state index contributed by atoms with van der Waals surface area (Å²) < 4.78 is 0. The van der Waals surface area contributed by atoms with Gasteiger partial charge in [0, 0.05) is 0 Å². The van der Waals surface area contributed by atoms with Gasteiger partial charge in [0.05, 0.1) is 0 Å². The van der Waals surface area contributed by atoms with Crippen LogP contribution in [0.15, 0.2) is 35.5 Å². The molecule has 0 aromatic carbocycles. The van der Waals surface area contributed by atoms with Crippen LogP contribution in [0, 0.1) is 12.2 Å². The minimum atomic E-state index is 0. The van der Waals surface area contributed by atoms with Gasteiger partial charge < -0.3 is 9.41 Å². The molecule has 0 saturated heterocycles. The first kappa shape index (κ1) is 25.6. The van der Waals surface area contributed by atoms with Crippen LogP contribution >= 0.6 is 0 Å². The molecule has 0 fully saturated rings. The summed E-state index contributed by atoms with van der Waals surface area (Å²) in [5.74, 6) is 0. The van der Waals surface area contributed by atoms with E-state index in [9.17, 15) is 0 Å². The molecule has 0 radical (unpaired) electrons. The first-order valence-corrected chi connectivity index (χ1v) is 7.39. The molecule has 0 aliphatic heterocycles. The van der Waals surface area contributed by atoms with E-state index in [1.807, 2.05) is 0 Å². The molecule has 0 unspecified atom stereocenters. The Bertz CT molecular complexity index is 307. The van der Waals surface area contributed by atoms with E-state index in [-0.39, 0.29) is 35.6 Å². The SMILES string of the molecule is CCCCC1=[C-]CC=C1.CCCCC1=[C-]CC=C1.[F-].[F-].[Zr+4]. The van der Waals surface area contributed by atoms with E-state index in [4.69, 9.17) is 0 Å². The van der Waals surface area contributed by atoms with E-state index in [0.717, 1.165) is 12.8 Å². The van der Waals surface area contributed by atoms with Gasteiger partial charge in [-0.1, -0.05) is 52.4 Å². The Morgan fingerprint density at radius 1 is 0.810 bits per heavy atom. The Labute approximate surface area is 148 Å². The Morgan fingerprint density at radius 2 is 1.19 bits per heavy atom. The summed E-state index contributed by atoms with van der Waals surface area (Å²) >= 11 is 0. The molecule has 2 aliphatic rings. The fourth-order valence-electron chi connectivity index (χ4n) is 1.98. The van der Waals surface area contributed by atoms with Crippen LogP contribution in [0.4, 0.5) is 0 Å². The summed E-state index contributed by atoms with van der Waals surface area (Å²) in [7, 11) is 0. The topological polar surface area (TPSA) is 0 Å². The molecule has 0 aromatic rings. The van der Waals surface area contributed by atoms with Crippen molar-refractivity contribution in [3.05, 3.63) is 47.6 Å². The quantitative estimate of drug-likeness (QED) is 0.565. The molecular formula is C18H26F2Zr. The molecule has 116 valence electrons. The first-order chi connectivity index (χ1) is 8.86. The van der Waals surface area contributed by atoms with Crippen LogP contribution in [0.5, 0.6) is 0 Å². The maximum Gasteiger partial charge on any atom is 4.00 e. The Kier molecular flexibility index (Phi) is 21.7. The number of rotatable bonds is 6. The fraction of sp³-hybridized carbons (Fsp3) is 0.556. The van der Waals surface area contributed by atoms with E-state index in [1.165, 1.54) is 49.7 Å². The van der Waals surface area contributed by atoms with Crippen molar-refractivity contribution in [1.29, 1.82) is 0 Å². The molecule has 0 N–H and O–H groups in total. The summed E-state index contributed by atoms with van der Waals surface area (Å²) in [4.78, 5) is 0. The molecule has 2 aliphatic carbocycles. The molecule has 2 rings (SSSR count). The molecule has 0 saturated carbocycles. The normalized spacial score (nSPS) is 14.0. The van der Waals surface area contributed by atoms with Crippen molar-refractivity contribution in [2.45, 2.75) is 65.2 Å². The predicted octanol–water partition coefficient (Wildman–Crippen LogP) is -0.262. The second-order valence-electron chi connectivity index (χ2n) is 4.82. The second-order valence-corrected chi connectivity index (χ2v) is 4.82. The third kappa shape index (κ3) is 13.1. The second kappa shape index (κ2) is 17.8. The van der Waals surface area contributed by atoms with Crippen molar-refractivity contribution < 1.29 is 35.6 Å². The van der Waals surface area contributed by atoms with Gasteiger partial charge in [-0.15, -0.1) is 12.8 Å². The van der Waals surface area contributed by atoms with Gasteiger partial charge in [0.15, 0.2) is 0 Å². The molecule has 0 bridgehead atoms. The van der Waals surface area contributed by atoms with Crippen LogP contribution in [-0.4, -0.2) is 0 Å². The molecule has 21 heavy (non-hydrogen) atoms. The average Bonchev–Trinajstić information content (AvgIpc) is 3.07. The van der Waals surface area contributed by atoms with Gasteiger partial charge in [-0.05, 0) is 0 Å². The summed E-state index contributed by atoms with van der Waals surface area (Å²) in [5.41, 5.74) is 2.83. The van der Waals surface area contributed by atoms with Crippen LogP contribution in [-0.2, 0) is 26.2 Å². The third-order valence-electron chi connectivity index (χ3n) is 3.13. The van der Waals surface area contributed by atoms with Crippen molar-refractivity contribution in [2.75, 3.05) is 0 Å². The molecule has 3 heteroatoms. The predicted molar refractivity (Wildman–Crippen MR) is 80.1 cm³/mol. The van der Waals surface area contributed by atoms with Crippen molar-refractivity contribution >= 4 is 0 Å². The minimum absolute atomic E-state index is 0. The summed E-state index contributed by atoms with van der Waals surface area (Å²) in [6.07, 6.45) is 25.1. The van der Waals surface area contributed by atoms with E-state index >= 15 is 0 Å². The number of unbranched alkanes of at least 4 members (excludes halogenated alkanes) is 2. The minimum Gasteiger partial charge on any atom is -1.00 e. The molecule has 0 atom stereocenters. The maximum atomic E-state index is 3.30.